The fraction of sp³-hybridized carbons (Fsp3) is 0.286. The lowest BCUT2D eigenvalue weighted by Gasteiger charge is -2.07. The summed E-state index contributed by atoms with van der Waals surface area (Å²) in [6.45, 7) is 4.98. The molecule has 0 fully saturated rings. The number of nitrogens with one attached hydrogen (secondary N) is 1. The first-order chi connectivity index (χ1) is 9.10. The van der Waals surface area contributed by atoms with E-state index >= 15 is 0 Å². The molecule has 3 nitrogen and oxygen atoms in total. The smallest absolute Gasteiger partial charge is 0.134 e. The fourth-order valence-corrected chi connectivity index (χ4v) is 2.10. The molecule has 0 aliphatic heterocycles. The zero-order valence-corrected chi connectivity index (χ0v) is 12.4. The zero-order chi connectivity index (χ0) is 13.8. The minimum atomic E-state index is 0.424. The van der Waals surface area contributed by atoms with Crippen molar-refractivity contribution in [2.45, 2.75) is 20.5 Å². The summed E-state index contributed by atoms with van der Waals surface area (Å²) in [6.07, 6.45) is 0. The van der Waals surface area contributed by atoms with Gasteiger partial charge in [0.05, 0.1) is 0 Å². The van der Waals surface area contributed by atoms with Gasteiger partial charge in [-0.25, -0.2) is 4.98 Å². The lowest BCUT2D eigenvalue weighted by molar-refractivity contribution is 0.128. The Morgan fingerprint density at radius 3 is 2.84 bits per heavy atom. The number of aryl methyl sites for hydroxylation is 1. The first-order valence-electron chi connectivity index (χ1n) is 6.04. The first-order valence-corrected chi connectivity index (χ1v) is 6.83. The van der Waals surface area contributed by atoms with Gasteiger partial charge in [-0.2, -0.15) is 0 Å². The van der Waals surface area contributed by atoms with E-state index in [-0.39, 0.29) is 0 Å². The van der Waals surface area contributed by atoms with Crippen molar-refractivity contribution in [3.05, 3.63) is 45.3 Å². The van der Waals surface area contributed by atoms with E-state index in [1.807, 2.05) is 38.1 Å². The molecule has 0 radical (unpaired) electrons. The van der Waals surface area contributed by atoms with Gasteiger partial charge in [0, 0.05) is 17.3 Å². The van der Waals surface area contributed by atoms with Crippen LogP contribution in [0.4, 0.5) is 0 Å². The Balaban J connectivity index is 2.40. The van der Waals surface area contributed by atoms with Gasteiger partial charge in [-0.1, -0.05) is 36.0 Å². The van der Waals surface area contributed by atoms with E-state index in [1.54, 1.807) is 0 Å². The zero-order valence-electron chi connectivity index (χ0n) is 10.9. The van der Waals surface area contributed by atoms with Crippen molar-refractivity contribution in [3.63, 3.8) is 0 Å². The summed E-state index contributed by atoms with van der Waals surface area (Å²) in [4.78, 5) is 7.46. The van der Waals surface area contributed by atoms with Crippen LogP contribution in [0.15, 0.2) is 24.3 Å². The second-order valence-electron chi connectivity index (χ2n) is 4.18. The molecule has 1 N–H and O–H groups in total. The topological polar surface area (TPSA) is 37.9 Å². The van der Waals surface area contributed by atoms with Gasteiger partial charge in [-0.3, -0.25) is 0 Å². The summed E-state index contributed by atoms with van der Waals surface area (Å²) in [6, 6.07) is 7.73. The van der Waals surface area contributed by atoms with E-state index in [0.717, 1.165) is 27.7 Å². The third-order valence-corrected chi connectivity index (χ3v) is 3.33. The molecule has 0 saturated heterocycles. The largest absolute Gasteiger partial charge is 0.374 e. The number of hydrogen-bond acceptors (Lipinski definition) is 3. The van der Waals surface area contributed by atoms with E-state index in [0.29, 0.717) is 17.9 Å². The minimum Gasteiger partial charge on any atom is -0.374 e. The van der Waals surface area contributed by atoms with Crippen LogP contribution in [0, 0.1) is 11.6 Å². The molecule has 0 aliphatic rings. The lowest BCUT2D eigenvalue weighted by Crippen LogP contribution is -2.00. The van der Waals surface area contributed by atoms with Crippen LogP contribution in [0.2, 0.25) is 5.02 Å². The average molecular weight is 295 g/mol. The van der Waals surface area contributed by atoms with Crippen molar-refractivity contribution in [2.75, 3.05) is 6.61 Å². The third-order valence-electron chi connectivity index (χ3n) is 2.72. The van der Waals surface area contributed by atoms with E-state index in [9.17, 15) is 0 Å². The van der Waals surface area contributed by atoms with Crippen LogP contribution in [0.25, 0.3) is 11.3 Å². The molecule has 0 saturated carbocycles. The molecule has 1 heterocycles. The number of ether oxygens (including phenoxy) is 1. The number of halogens is 1. The minimum absolute atomic E-state index is 0.424. The molecule has 2 rings (SSSR count). The molecule has 1 aromatic heterocycles. The molecule has 5 heteroatoms. The molecule has 0 aliphatic carbocycles. The number of H-pyrrole nitrogens is 1. The third kappa shape index (κ3) is 3.62. The molecule has 2 aromatic rings. The van der Waals surface area contributed by atoms with Gasteiger partial charge in [0.25, 0.3) is 0 Å². The first kappa shape index (κ1) is 14.2. The highest BCUT2D eigenvalue weighted by Crippen LogP contribution is 2.24. The number of aromatic nitrogens is 2. The molecule has 0 spiro atoms. The highest BCUT2D eigenvalue weighted by atomic mass is 35.5. The SMILES string of the molecule is CCOCc1nc(=S)cc(-c2ccc(C)c(Cl)c2)[nH]1. The summed E-state index contributed by atoms with van der Waals surface area (Å²) >= 11 is 11.3. The van der Waals surface area contributed by atoms with Crippen LogP contribution < -0.4 is 0 Å². The van der Waals surface area contributed by atoms with Crippen molar-refractivity contribution in [3.8, 4) is 11.3 Å². The van der Waals surface area contributed by atoms with Crippen LogP contribution >= 0.6 is 23.8 Å². The molecule has 0 bridgehead atoms. The molecule has 0 unspecified atom stereocenters. The van der Waals surface area contributed by atoms with Crippen molar-refractivity contribution in [1.29, 1.82) is 0 Å². The predicted molar refractivity (Wildman–Crippen MR) is 79.9 cm³/mol. The lowest BCUT2D eigenvalue weighted by atomic mass is 10.1. The Labute approximate surface area is 122 Å². The van der Waals surface area contributed by atoms with Crippen molar-refractivity contribution < 1.29 is 4.74 Å². The molecular weight excluding hydrogens is 280 g/mol. The quantitative estimate of drug-likeness (QED) is 0.854. The molecule has 19 heavy (non-hydrogen) atoms. The normalized spacial score (nSPS) is 10.7. The maximum atomic E-state index is 6.15. The maximum Gasteiger partial charge on any atom is 0.134 e. The van der Waals surface area contributed by atoms with Gasteiger partial charge in [0.15, 0.2) is 0 Å². The van der Waals surface area contributed by atoms with Gasteiger partial charge in [0.2, 0.25) is 0 Å². The van der Waals surface area contributed by atoms with Crippen LogP contribution in [0.5, 0.6) is 0 Å². The molecule has 0 atom stereocenters. The van der Waals surface area contributed by atoms with Gasteiger partial charge in [-0.05, 0) is 37.1 Å². The van der Waals surface area contributed by atoms with Crippen molar-refractivity contribution in [2.24, 2.45) is 0 Å². The van der Waals surface area contributed by atoms with E-state index < -0.39 is 0 Å². The Morgan fingerprint density at radius 1 is 1.37 bits per heavy atom. The van der Waals surface area contributed by atoms with Gasteiger partial charge < -0.3 is 9.72 Å². The fourth-order valence-electron chi connectivity index (χ4n) is 1.69. The summed E-state index contributed by atoms with van der Waals surface area (Å²) < 4.78 is 5.88. The maximum absolute atomic E-state index is 6.15. The Hall–Kier alpha value is -1.23. The summed E-state index contributed by atoms with van der Waals surface area (Å²) in [5.74, 6) is 0.723. The predicted octanol–water partition coefficient (Wildman–Crippen LogP) is 4.30. The monoisotopic (exact) mass is 294 g/mol. The standard InChI is InChI=1S/C14H15ClN2OS/c1-3-18-8-13-16-12(7-14(19)17-13)10-5-4-9(2)11(15)6-10/h4-7H,3,8H2,1-2H3,(H,16,17,19). The highest BCUT2D eigenvalue weighted by Gasteiger charge is 2.04. The number of aromatic amines is 1. The molecule has 0 amide bonds. The van der Waals surface area contributed by atoms with Gasteiger partial charge >= 0.3 is 0 Å². The molecule has 1 aromatic carbocycles. The van der Waals surface area contributed by atoms with Crippen molar-refractivity contribution in [1.82, 2.24) is 9.97 Å². The Bertz CT molecular complexity index is 640. The highest BCUT2D eigenvalue weighted by molar-refractivity contribution is 7.71. The summed E-state index contributed by atoms with van der Waals surface area (Å²) in [5, 5.41) is 0.736. The van der Waals surface area contributed by atoms with Crippen molar-refractivity contribution >= 4 is 23.8 Å². The van der Waals surface area contributed by atoms with Crippen LogP contribution in [-0.4, -0.2) is 16.6 Å². The van der Waals surface area contributed by atoms with Crippen LogP contribution in [-0.2, 0) is 11.3 Å². The second-order valence-corrected chi connectivity index (χ2v) is 5.01. The second kappa shape index (κ2) is 6.28. The Morgan fingerprint density at radius 2 is 2.16 bits per heavy atom. The number of hydrogen-bond donors (Lipinski definition) is 1. The van der Waals surface area contributed by atoms with E-state index in [4.69, 9.17) is 28.6 Å². The number of rotatable bonds is 4. The van der Waals surface area contributed by atoms with Gasteiger partial charge in [0.1, 0.15) is 17.1 Å². The van der Waals surface area contributed by atoms with Crippen LogP contribution in [0.3, 0.4) is 0 Å². The summed E-state index contributed by atoms with van der Waals surface area (Å²) in [7, 11) is 0. The van der Waals surface area contributed by atoms with E-state index in [1.165, 1.54) is 0 Å². The van der Waals surface area contributed by atoms with E-state index in [2.05, 4.69) is 9.97 Å². The number of benzene rings is 1. The van der Waals surface area contributed by atoms with Gasteiger partial charge in [-0.15, -0.1) is 0 Å². The number of nitrogens with zero attached hydrogens (tertiary/aromatic N) is 1. The molecule has 100 valence electrons. The molecular formula is C14H15ClN2OS. The van der Waals surface area contributed by atoms with Crippen LogP contribution in [0.1, 0.15) is 18.3 Å². The summed E-state index contributed by atoms with van der Waals surface area (Å²) in [5.41, 5.74) is 2.94. The Kier molecular flexibility index (Phi) is 4.69. The average Bonchev–Trinajstić information content (AvgIpc) is 2.39.